The maximum Gasteiger partial charge on any atom is 0.340 e. The first kappa shape index (κ1) is 14.3. The lowest BCUT2D eigenvalue weighted by molar-refractivity contribution is -0.136. The molecule has 3 aromatic rings. The Labute approximate surface area is 130 Å². The number of nitrogens with zero attached hydrogens (tertiary/aromatic N) is 1. The van der Waals surface area contributed by atoms with Gasteiger partial charge in [0.25, 0.3) is 0 Å². The van der Waals surface area contributed by atoms with Crippen molar-refractivity contribution in [2.75, 3.05) is 14.2 Å². The van der Waals surface area contributed by atoms with E-state index in [9.17, 15) is 9.59 Å². The van der Waals surface area contributed by atoms with E-state index < -0.39 is 11.9 Å². The van der Waals surface area contributed by atoms with Gasteiger partial charge in [-0.25, -0.2) is 9.59 Å². The first-order valence-corrected chi connectivity index (χ1v) is 7.34. The SMILES string of the molecule is COC(=O)/C=C(/C(=O)OC)c1ccc2sc3ccccc3n12. The molecule has 0 atom stereocenters. The third-order valence-corrected chi connectivity index (χ3v) is 4.40. The summed E-state index contributed by atoms with van der Waals surface area (Å²) in [5.74, 6) is -1.18. The molecule has 5 nitrogen and oxygen atoms in total. The van der Waals surface area contributed by atoms with E-state index in [-0.39, 0.29) is 5.57 Å². The van der Waals surface area contributed by atoms with Crippen LogP contribution < -0.4 is 0 Å². The van der Waals surface area contributed by atoms with Crippen molar-refractivity contribution in [3.63, 3.8) is 0 Å². The zero-order valence-corrected chi connectivity index (χ0v) is 12.8. The minimum absolute atomic E-state index is 0.165. The van der Waals surface area contributed by atoms with Crippen molar-refractivity contribution in [1.29, 1.82) is 0 Å². The molecule has 1 aromatic carbocycles. The quantitative estimate of drug-likeness (QED) is 0.551. The van der Waals surface area contributed by atoms with Gasteiger partial charge in [0.1, 0.15) is 4.83 Å². The number of para-hydroxylation sites is 1. The molecule has 22 heavy (non-hydrogen) atoms. The van der Waals surface area contributed by atoms with Gasteiger partial charge in [-0.05, 0) is 24.3 Å². The van der Waals surface area contributed by atoms with E-state index in [1.54, 1.807) is 17.4 Å². The van der Waals surface area contributed by atoms with Crippen molar-refractivity contribution >= 4 is 43.9 Å². The largest absolute Gasteiger partial charge is 0.466 e. The minimum atomic E-state index is -0.602. The molecular formula is C16H13NO4S. The molecule has 2 aromatic heterocycles. The molecule has 0 radical (unpaired) electrons. The summed E-state index contributed by atoms with van der Waals surface area (Å²) in [5, 5.41) is 0. The molecule has 0 N–H and O–H groups in total. The molecule has 0 spiro atoms. The molecule has 0 bridgehead atoms. The Bertz CT molecular complexity index is 903. The number of esters is 2. The molecule has 3 rings (SSSR count). The zero-order valence-electron chi connectivity index (χ0n) is 12.0. The van der Waals surface area contributed by atoms with E-state index >= 15 is 0 Å². The normalized spacial score (nSPS) is 11.8. The van der Waals surface area contributed by atoms with Crippen LogP contribution in [0.25, 0.3) is 20.6 Å². The maximum absolute atomic E-state index is 12.1. The smallest absolute Gasteiger partial charge is 0.340 e. The number of fused-ring (bicyclic) bond motifs is 3. The number of carbonyl (C=O) groups is 2. The number of benzene rings is 1. The summed E-state index contributed by atoms with van der Waals surface area (Å²) in [7, 11) is 2.55. The second-order valence-corrected chi connectivity index (χ2v) is 5.60. The van der Waals surface area contributed by atoms with Crippen LogP contribution in [0, 0.1) is 0 Å². The van der Waals surface area contributed by atoms with Crippen LogP contribution in [0.3, 0.4) is 0 Å². The lowest BCUT2D eigenvalue weighted by atomic mass is 10.1. The highest BCUT2D eigenvalue weighted by Gasteiger charge is 2.20. The molecule has 0 amide bonds. The molecule has 0 fully saturated rings. The molecule has 0 aliphatic rings. The van der Waals surface area contributed by atoms with Gasteiger partial charge in [0.05, 0.1) is 35.7 Å². The fourth-order valence-corrected chi connectivity index (χ4v) is 3.38. The molecular weight excluding hydrogens is 302 g/mol. The van der Waals surface area contributed by atoms with E-state index in [1.807, 2.05) is 34.7 Å². The van der Waals surface area contributed by atoms with E-state index in [0.717, 1.165) is 21.1 Å². The first-order valence-electron chi connectivity index (χ1n) is 6.53. The molecule has 0 saturated carbocycles. The molecule has 0 aliphatic carbocycles. The molecule has 112 valence electrons. The molecule has 0 aliphatic heterocycles. The first-order chi connectivity index (χ1) is 10.7. The van der Waals surface area contributed by atoms with Gasteiger partial charge in [0, 0.05) is 6.08 Å². The van der Waals surface area contributed by atoms with E-state index in [4.69, 9.17) is 4.74 Å². The van der Waals surface area contributed by atoms with Crippen molar-refractivity contribution < 1.29 is 19.1 Å². The highest BCUT2D eigenvalue weighted by molar-refractivity contribution is 7.24. The third kappa shape index (κ3) is 2.27. The number of rotatable bonds is 3. The van der Waals surface area contributed by atoms with Crippen molar-refractivity contribution in [2.24, 2.45) is 0 Å². The predicted molar refractivity (Wildman–Crippen MR) is 84.8 cm³/mol. The summed E-state index contributed by atoms with van der Waals surface area (Å²) >= 11 is 1.61. The Balaban J connectivity index is 2.28. The highest BCUT2D eigenvalue weighted by atomic mass is 32.1. The van der Waals surface area contributed by atoms with E-state index in [2.05, 4.69) is 4.74 Å². The Kier molecular flexibility index (Phi) is 3.68. The molecule has 0 saturated heterocycles. The van der Waals surface area contributed by atoms with Gasteiger partial charge in [-0.1, -0.05) is 12.1 Å². The minimum Gasteiger partial charge on any atom is -0.466 e. The standard InChI is InChI=1S/C16H13NO4S/c1-20-15(18)9-10(16(19)21-2)11-7-8-14-17(11)12-5-3-4-6-13(12)22-14/h3-9H,1-2H3/b10-9+. The summed E-state index contributed by atoms with van der Waals surface area (Å²) in [5.41, 5.74) is 1.74. The average Bonchev–Trinajstić information content (AvgIpc) is 3.10. The van der Waals surface area contributed by atoms with Crippen LogP contribution in [0.1, 0.15) is 5.69 Å². The molecule has 0 unspecified atom stereocenters. The van der Waals surface area contributed by atoms with Gasteiger partial charge in [-0.15, -0.1) is 11.3 Å². The predicted octanol–water partition coefficient (Wildman–Crippen LogP) is 2.88. The highest BCUT2D eigenvalue weighted by Crippen LogP contribution is 2.31. The van der Waals surface area contributed by atoms with Crippen molar-refractivity contribution in [3.05, 3.63) is 48.2 Å². The number of ether oxygens (including phenoxy) is 2. The monoisotopic (exact) mass is 315 g/mol. The topological polar surface area (TPSA) is 57.0 Å². The number of hydrogen-bond acceptors (Lipinski definition) is 5. The van der Waals surface area contributed by atoms with Crippen LogP contribution in [0.5, 0.6) is 0 Å². The Morgan fingerprint density at radius 1 is 1.09 bits per heavy atom. The van der Waals surface area contributed by atoms with Crippen LogP contribution in [0.15, 0.2) is 42.5 Å². The number of hydrogen-bond donors (Lipinski definition) is 0. The zero-order chi connectivity index (χ0) is 15.7. The van der Waals surface area contributed by atoms with Gasteiger partial charge < -0.3 is 9.47 Å². The van der Waals surface area contributed by atoms with Crippen LogP contribution in [0.4, 0.5) is 0 Å². The summed E-state index contributed by atoms with van der Waals surface area (Å²) in [6.07, 6.45) is 1.15. The Morgan fingerprint density at radius 2 is 1.86 bits per heavy atom. The van der Waals surface area contributed by atoms with Crippen LogP contribution in [-0.4, -0.2) is 30.6 Å². The Morgan fingerprint density at radius 3 is 2.59 bits per heavy atom. The second-order valence-electron chi connectivity index (χ2n) is 4.53. The van der Waals surface area contributed by atoms with Gasteiger partial charge >= 0.3 is 11.9 Å². The van der Waals surface area contributed by atoms with Crippen molar-refractivity contribution in [3.8, 4) is 0 Å². The summed E-state index contributed by atoms with van der Waals surface area (Å²) in [6, 6.07) is 11.6. The van der Waals surface area contributed by atoms with Crippen molar-refractivity contribution in [1.82, 2.24) is 4.40 Å². The number of carbonyl (C=O) groups excluding carboxylic acids is 2. The third-order valence-electron chi connectivity index (χ3n) is 3.31. The summed E-state index contributed by atoms with van der Waals surface area (Å²) in [4.78, 5) is 24.6. The second kappa shape index (κ2) is 5.65. The summed E-state index contributed by atoms with van der Waals surface area (Å²) in [6.45, 7) is 0. The van der Waals surface area contributed by atoms with E-state index in [1.165, 1.54) is 14.2 Å². The average molecular weight is 315 g/mol. The summed E-state index contributed by atoms with van der Waals surface area (Å²) < 4.78 is 12.5. The number of aromatic nitrogens is 1. The van der Waals surface area contributed by atoms with Crippen LogP contribution in [0.2, 0.25) is 0 Å². The molecule has 2 heterocycles. The maximum atomic E-state index is 12.1. The number of methoxy groups -OCH3 is 2. The van der Waals surface area contributed by atoms with Gasteiger partial charge in [-0.2, -0.15) is 0 Å². The Hall–Kier alpha value is -2.60. The van der Waals surface area contributed by atoms with Gasteiger partial charge in [0.15, 0.2) is 0 Å². The lowest BCUT2D eigenvalue weighted by Gasteiger charge is -2.05. The number of thiazole rings is 1. The van der Waals surface area contributed by atoms with Crippen molar-refractivity contribution in [2.45, 2.75) is 0 Å². The lowest BCUT2D eigenvalue weighted by Crippen LogP contribution is -2.09. The fourth-order valence-electron chi connectivity index (χ4n) is 2.32. The fraction of sp³-hybridized carbons (Fsp3) is 0.125. The van der Waals surface area contributed by atoms with Gasteiger partial charge in [-0.3, -0.25) is 4.40 Å². The molecule has 6 heteroatoms. The van der Waals surface area contributed by atoms with Gasteiger partial charge in [0.2, 0.25) is 0 Å². The van der Waals surface area contributed by atoms with Crippen LogP contribution >= 0.6 is 11.3 Å². The van der Waals surface area contributed by atoms with Crippen LogP contribution in [-0.2, 0) is 19.1 Å². The van der Waals surface area contributed by atoms with E-state index in [0.29, 0.717) is 5.69 Å².